The molecule has 0 spiro atoms. The number of halogens is 2. The van der Waals surface area contributed by atoms with E-state index in [0.29, 0.717) is 0 Å². The van der Waals surface area contributed by atoms with Crippen LogP contribution in [0.1, 0.15) is 22.0 Å². The number of cyclic esters (lactones) is 1. The molecule has 1 amide bonds. The Labute approximate surface area is 121 Å². The number of benzene rings is 1. The summed E-state index contributed by atoms with van der Waals surface area (Å²) in [6.07, 6.45) is -1.34. The molecule has 22 heavy (non-hydrogen) atoms. The van der Waals surface area contributed by atoms with Gasteiger partial charge in [0.25, 0.3) is 0 Å². The molecule has 0 bridgehead atoms. The van der Waals surface area contributed by atoms with Crippen molar-refractivity contribution in [3.8, 4) is 0 Å². The lowest BCUT2D eigenvalue weighted by Crippen LogP contribution is -2.42. The van der Waals surface area contributed by atoms with E-state index in [1.165, 1.54) is 12.0 Å². The van der Waals surface area contributed by atoms with Crippen LogP contribution in [-0.4, -0.2) is 37.3 Å². The zero-order valence-corrected chi connectivity index (χ0v) is 11.1. The zero-order valence-electron chi connectivity index (χ0n) is 11.1. The summed E-state index contributed by atoms with van der Waals surface area (Å²) in [5.74, 6) is -2.67. The van der Waals surface area contributed by atoms with Crippen molar-refractivity contribution in [3.05, 3.63) is 22.8 Å². The van der Waals surface area contributed by atoms with Crippen LogP contribution in [0.25, 0.3) is 11.0 Å². The van der Waals surface area contributed by atoms with Crippen molar-refractivity contribution >= 4 is 29.2 Å². The minimum atomic E-state index is -1.33. The van der Waals surface area contributed by atoms with Gasteiger partial charge in [0.2, 0.25) is 11.4 Å². The summed E-state index contributed by atoms with van der Waals surface area (Å²) in [5.41, 5.74) is -0.823. The molecule has 0 N–H and O–H groups in total. The molecular weight excluding hydrogens is 302 g/mol. The number of aromatic nitrogens is 1. The smallest absolute Gasteiger partial charge is 0.416 e. The van der Waals surface area contributed by atoms with Crippen molar-refractivity contribution < 1.29 is 32.4 Å². The summed E-state index contributed by atoms with van der Waals surface area (Å²) >= 11 is 0. The van der Waals surface area contributed by atoms with E-state index in [-0.39, 0.29) is 29.7 Å². The SMILES string of the molecule is CO[C@@H]1c2c(C=O)c(F)c(F)c3onc(c23)N2C(=O)OC[C@H]12. The molecule has 2 aliphatic heterocycles. The molecule has 7 nitrogen and oxygen atoms in total. The first-order valence-corrected chi connectivity index (χ1v) is 6.34. The summed E-state index contributed by atoms with van der Waals surface area (Å²) in [6.45, 7) is -0.0254. The Morgan fingerprint density at radius 3 is 2.86 bits per heavy atom. The highest BCUT2D eigenvalue weighted by Gasteiger charge is 2.49. The molecule has 9 heteroatoms. The third kappa shape index (κ3) is 1.34. The van der Waals surface area contributed by atoms with E-state index in [1.54, 1.807) is 0 Å². The van der Waals surface area contributed by atoms with Crippen molar-refractivity contribution in [1.29, 1.82) is 0 Å². The van der Waals surface area contributed by atoms with Crippen molar-refractivity contribution in [2.45, 2.75) is 12.1 Å². The Kier molecular flexibility index (Phi) is 2.52. The molecule has 0 radical (unpaired) electrons. The third-order valence-electron chi connectivity index (χ3n) is 4.00. The molecule has 3 heterocycles. The van der Waals surface area contributed by atoms with Gasteiger partial charge in [-0.05, 0) is 0 Å². The van der Waals surface area contributed by atoms with E-state index < -0.39 is 41.0 Å². The van der Waals surface area contributed by atoms with Gasteiger partial charge in [0.1, 0.15) is 18.8 Å². The van der Waals surface area contributed by atoms with Crippen LogP contribution in [-0.2, 0) is 9.47 Å². The van der Waals surface area contributed by atoms with Crippen molar-refractivity contribution in [2.75, 3.05) is 18.6 Å². The number of carbonyl (C=O) groups excluding carboxylic acids is 2. The van der Waals surface area contributed by atoms with Gasteiger partial charge < -0.3 is 14.0 Å². The Hall–Kier alpha value is -2.55. The summed E-state index contributed by atoms with van der Waals surface area (Å²) < 4.78 is 43.2. The molecule has 1 fully saturated rings. The number of carbonyl (C=O) groups is 2. The predicted octanol–water partition coefficient (Wildman–Crippen LogP) is 1.94. The molecule has 2 atom stereocenters. The number of rotatable bonds is 2. The van der Waals surface area contributed by atoms with Crippen molar-refractivity contribution in [2.24, 2.45) is 0 Å². The highest BCUT2D eigenvalue weighted by Crippen LogP contribution is 2.47. The zero-order chi connectivity index (χ0) is 15.6. The maximum absolute atomic E-state index is 14.1. The summed E-state index contributed by atoms with van der Waals surface area (Å²) in [4.78, 5) is 24.3. The van der Waals surface area contributed by atoms with Crippen LogP contribution in [0.4, 0.5) is 19.4 Å². The van der Waals surface area contributed by atoms with E-state index in [0.717, 1.165) is 0 Å². The number of fused-ring (bicyclic) bond motifs is 2. The Morgan fingerprint density at radius 2 is 2.18 bits per heavy atom. The Balaban J connectivity index is 2.16. The molecule has 2 aromatic rings. The Morgan fingerprint density at radius 1 is 1.41 bits per heavy atom. The molecule has 1 aromatic heterocycles. The van der Waals surface area contributed by atoms with Crippen molar-refractivity contribution in [3.63, 3.8) is 0 Å². The minimum Gasteiger partial charge on any atom is -0.447 e. The fourth-order valence-corrected chi connectivity index (χ4v) is 3.09. The van der Waals surface area contributed by atoms with Crippen LogP contribution in [0.15, 0.2) is 4.52 Å². The number of amides is 1. The Bertz CT molecular complexity index is 834. The number of hydrogen-bond acceptors (Lipinski definition) is 6. The van der Waals surface area contributed by atoms with Crippen LogP contribution < -0.4 is 4.90 Å². The second-order valence-corrected chi connectivity index (χ2v) is 4.95. The average molecular weight is 310 g/mol. The average Bonchev–Trinajstić information content (AvgIpc) is 3.10. The highest BCUT2D eigenvalue weighted by atomic mass is 19.2. The molecule has 2 aliphatic rings. The van der Waals surface area contributed by atoms with E-state index in [1.807, 2.05) is 0 Å². The van der Waals surface area contributed by atoms with Crippen molar-refractivity contribution in [1.82, 2.24) is 5.16 Å². The van der Waals surface area contributed by atoms with Gasteiger partial charge in [-0.15, -0.1) is 0 Å². The second-order valence-electron chi connectivity index (χ2n) is 4.95. The van der Waals surface area contributed by atoms with Gasteiger partial charge in [-0.2, -0.15) is 4.39 Å². The standard InChI is InChI=1S/C13H8F2N2O5/c1-20-10-5-3-21-13(19)17(5)12-7-6(10)4(2-18)8(14)9(15)11(7)22-16-12/h2,5,10H,3H2,1H3/t5-,10+/m1/s1. The minimum absolute atomic E-state index is 0.00667. The highest BCUT2D eigenvalue weighted by molar-refractivity contribution is 6.05. The van der Waals surface area contributed by atoms with Gasteiger partial charge in [0.15, 0.2) is 17.9 Å². The van der Waals surface area contributed by atoms with Gasteiger partial charge in [-0.25, -0.2) is 14.1 Å². The number of ether oxygens (including phenoxy) is 2. The van der Waals surface area contributed by atoms with Crippen LogP contribution in [0, 0.1) is 11.6 Å². The quantitative estimate of drug-likeness (QED) is 0.789. The summed E-state index contributed by atoms with van der Waals surface area (Å²) in [6, 6.07) is -0.637. The fourth-order valence-electron chi connectivity index (χ4n) is 3.09. The van der Waals surface area contributed by atoms with Crippen LogP contribution >= 0.6 is 0 Å². The van der Waals surface area contributed by atoms with Gasteiger partial charge in [-0.3, -0.25) is 4.79 Å². The lowest BCUT2D eigenvalue weighted by molar-refractivity contribution is 0.0720. The van der Waals surface area contributed by atoms with Crippen LogP contribution in [0.2, 0.25) is 0 Å². The van der Waals surface area contributed by atoms with Gasteiger partial charge in [0.05, 0.1) is 10.9 Å². The van der Waals surface area contributed by atoms with Gasteiger partial charge in [0, 0.05) is 12.7 Å². The molecular formula is C13H8F2N2O5. The summed E-state index contributed by atoms with van der Waals surface area (Å²) in [7, 11) is 1.34. The molecule has 0 unspecified atom stereocenters. The lowest BCUT2D eigenvalue weighted by atomic mass is 9.90. The van der Waals surface area contributed by atoms with Crippen LogP contribution in [0.3, 0.4) is 0 Å². The first kappa shape index (κ1) is 13.1. The number of hydrogen-bond donors (Lipinski definition) is 0. The maximum Gasteiger partial charge on any atom is 0.416 e. The largest absolute Gasteiger partial charge is 0.447 e. The third-order valence-corrected chi connectivity index (χ3v) is 4.00. The number of anilines is 1. The normalized spacial score (nSPS) is 22.9. The van der Waals surface area contributed by atoms with Gasteiger partial charge in [-0.1, -0.05) is 5.16 Å². The first-order valence-electron chi connectivity index (χ1n) is 6.34. The predicted molar refractivity (Wildman–Crippen MR) is 66.7 cm³/mol. The molecule has 114 valence electrons. The van der Waals surface area contributed by atoms with E-state index in [9.17, 15) is 18.4 Å². The van der Waals surface area contributed by atoms with Gasteiger partial charge >= 0.3 is 6.09 Å². The summed E-state index contributed by atoms with van der Waals surface area (Å²) in [5, 5.41) is 3.68. The fraction of sp³-hybridized carbons (Fsp3) is 0.308. The van der Waals surface area contributed by atoms with E-state index in [2.05, 4.69) is 5.16 Å². The second kappa shape index (κ2) is 4.23. The number of nitrogens with zero attached hydrogens (tertiary/aromatic N) is 2. The molecule has 0 aliphatic carbocycles. The maximum atomic E-state index is 14.1. The first-order chi connectivity index (χ1) is 10.6. The molecule has 0 saturated carbocycles. The van der Waals surface area contributed by atoms with Crippen LogP contribution in [0.5, 0.6) is 0 Å². The lowest BCUT2D eigenvalue weighted by Gasteiger charge is -2.32. The monoisotopic (exact) mass is 310 g/mol. The molecule has 4 rings (SSSR count). The van der Waals surface area contributed by atoms with E-state index >= 15 is 0 Å². The topological polar surface area (TPSA) is 81.9 Å². The molecule has 1 aromatic carbocycles. The number of methoxy groups -OCH3 is 1. The van der Waals surface area contributed by atoms with E-state index in [4.69, 9.17) is 14.0 Å². The number of aldehydes is 1. The molecule has 1 saturated heterocycles.